The van der Waals surface area contributed by atoms with E-state index in [2.05, 4.69) is 21.7 Å². The number of hydrogen-bond donors (Lipinski definition) is 3. The second kappa shape index (κ2) is 8.99. The van der Waals surface area contributed by atoms with E-state index in [1.54, 1.807) is 12.1 Å². The molecule has 27 heavy (non-hydrogen) atoms. The summed E-state index contributed by atoms with van der Waals surface area (Å²) >= 11 is 7.34. The number of aromatic nitrogens is 1. The van der Waals surface area contributed by atoms with Crippen molar-refractivity contribution >= 4 is 34.0 Å². The normalized spacial score (nSPS) is 11.8. The molecular weight excluding hydrogens is 382 g/mol. The van der Waals surface area contributed by atoms with Crippen LogP contribution in [-0.2, 0) is 11.3 Å². The summed E-state index contributed by atoms with van der Waals surface area (Å²) in [5.41, 5.74) is 3.90. The average molecular weight is 402 g/mol. The van der Waals surface area contributed by atoms with E-state index >= 15 is 0 Å². The van der Waals surface area contributed by atoms with Gasteiger partial charge in [-0.25, -0.2) is 4.98 Å². The van der Waals surface area contributed by atoms with E-state index in [4.69, 9.17) is 11.6 Å². The molecule has 0 radical (unpaired) electrons. The molecule has 7 heteroatoms. The van der Waals surface area contributed by atoms with E-state index < -0.39 is 6.04 Å². The van der Waals surface area contributed by atoms with Crippen LogP contribution in [0.1, 0.15) is 11.1 Å². The van der Waals surface area contributed by atoms with Gasteiger partial charge in [0.15, 0.2) is 5.13 Å². The fourth-order valence-electron chi connectivity index (χ4n) is 2.58. The lowest BCUT2D eigenvalue weighted by Gasteiger charge is -2.15. The molecule has 140 valence electrons. The Morgan fingerprint density at radius 1 is 1.26 bits per heavy atom. The minimum atomic E-state index is -0.777. The van der Waals surface area contributed by atoms with Gasteiger partial charge >= 0.3 is 0 Å². The quantitative estimate of drug-likeness (QED) is 0.562. The number of aryl methyl sites for hydroxylation is 1. The van der Waals surface area contributed by atoms with E-state index in [-0.39, 0.29) is 12.5 Å². The van der Waals surface area contributed by atoms with Crippen molar-refractivity contribution in [2.75, 3.05) is 11.9 Å². The minimum Gasteiger partial charge on any atom is -0.394 e. The first-order valence-corrected chi connectivity index (χ1v) is 9.73. The zero-order valence-electron chi connectivity index (χ0n) is 14.8. The fourth-order valence-corrected chi connectivity index (χ4v) is 3.57. The fraction of sp³-hybridized carbons (Fsp3) is 0.200. The molecule has 0 unspecified atom stereocenters. The number of hydrogen-bond acceptors (Lipinski definition) is 5. The molecule has 5 nitrogen and oxygen atoms in total. The lowest BCUT2D eigenvalue weighted by atomic mass is 10.1. The van der Waals surface area contributed by atoms with Crippen molar-refractivity contribution < 1.29 is 9.90 Å². The highest BCUT2D eigenvalue weighted by Crippen LogP contribution is 2.25. The van der Waals surface area contributed by atoms with Gasteiger partial charge in [0.2, 0.25) is 5.91 Å². The number of nitrogens with one attached hydrogen (secondary N) is 2. The maximum atomic E-state index is 12.4. The molecule has 0 aliphatic carbocycles. The number of benzene rings is 2. The maximum absolute atomic E-state index is 12.4. The van der Waals surface area contributed by atoms with Gasteiger partial charge in [0.05, 0.1) is 12.3 Å². The van der Waals surface area contributed by atoms with E-state index in [1.165, 1.54) is 11.3 Å². The molecule has 0 aliphatic heterocycles. The third kappa shape index (κ3) is 5.29. The number of thiazole rings is 1. The third-order valence-corrected chi connectivity index (χ3v) is 4.98. The van der Waals surface area contributed by atoms with Crippen molar-refractivity contribution in [2.24, 2.45) is 0 Å². The standard InChI is InChI=1S/C20H20ClN3O2S/c1-13-4-2-6-15(8-13)18-12-27-20(24-18)23-17(11-25)19(26)22-10-14-5-3-7-16(21)9-14/h2-9,12,17,25H,10-11H2,1H3,(H,22,26)(H,23,24)/t17-/m0/s1. The Balaban J connectivity index is 1.62. The summed E-state index contributed by atoms with van der Waals surface area (Å²) in [6, 6.07) is 14.6. The molecule has 1 heterocycles. The summed E-state index contributed by atoms with van der Waals surface area (Å²) in [5, 5.41) is 18.5. The zero-order chi connectivity index (χ0) is 19.2. The number of rotatable bonds is 7. The molecule has 0 aliphatic rings. The average Bonchev–Trinajstić information content (AvgIpc) is 3.13. The molecule has 1 atom stereocenters. The molecule has 3 aromatic rings. The van der Waals surface area contributed by atoms with Gasteiger partial charge in [0, 0.05) is 22.5 Å². The number of nitrogens with zero attached hydrogens (tertiary/aromatic N) is 1. The molecule has 1 amide bonds. The minimum absolute atomic E-state index is 0.301. The lowest BCUT2D eigenvalue weighted by molar-refractivity contribution is -0.122. The monoisotopic (exact) mass is 401 g/mol. The first kappa shape index (κ1) is 19.4. The van der Waals surface area contributed by atoms with Crippen LogP contribution in [0.2, 0.25) is 5.02 Å². The molecule has 1 aromatic heterocycles. The highest BCUT2D eigenvalue weighted by atomic mass is 35.5. The molecule has 0 bridgehead atoms. The van der Waals surface area contributed by atoms with Gasteiger partial charge < -0.3 is 15.7 Å². The predicted octanol–water partition coefficient (Wildman–Crippen LogP) is 3.86. The lowest BCUT2D eigenvalue weighted by Crippen LogP contribution is -2.41. The third-order valence-electron chi connectivity index (χ3n) is 3.97. The molecule has 0 spiro atoms. The molecule has 3 rings (SSSR count). The SMILES string of the molecule is Cc1cccc(-c2csc(N[C@@H](CO)C(=O)NCc3cccc(Cl)c3)n2)c1. The Morgan fingerprint density at radius 2 is 2.07 bits per heavy atom. The molecule has 0 saturated carbocycles. The predicted molar refractivity (Wildman–Crippen MR) is 110 cm³/mol. The van der Waals surface area contributed by atoms with Crippen LogP contribution >= 0.6 is 22.9 Å². The highest BCUT2D eigenvalue weighted by molar-refractivity contribution is 7.14. The first-order chi connectivity index (χ1) is 13.0. The highest BCUT2D eigenvalue weighted by Gasteiger charge is 2.18. The van der Waals surface area contributed by atoms with Gasteiger partial charge in [-0.3, -0.25) is 4.79 Å². The molecule has 3 N–H and O–H groups in total. The first-order valence-electron chi connectivity index (χ1n) is 8.47. The second-order valence-corrected chi connectivity index (χ2v) is 7.43. The van der Waals surface area contributed by atoms with Crippen molar-refractivity contribution in [1.29, 1.82) is 0 Å². The van der Waals surface area contributed by atoms with Gasteiger partial charge in [0.1, 0.15) is 6.04 Å². The second-order valence-electron chi connectivity index (χ2n) is 6.13. The van der Waals surface area contributed by atoms with Crippen molar-refractivity contribution in [1.82, 2.24) is 10.3 Å². The number of carbonyl (C=O) groups is 1. The van der Waals surface area contributed by atoms with E-state index in [9.17, 15) is 9.90 Å². The summed E-state index contributed by atoms with van der Waals surface area (Å²) in [5.74, 6) is -0.301. The summed E-state index contributed by atoms with van der Waals surface area (Å²) in [6.45, 7) is 2.03. The van der Waals surface area contributed by atoms with Crippen molar-refractivity contribution in [3.05, 3.63) is 70.1 Å². The Hall–Kier alpha value is -2.41. The van der Waals surface area contributed by atoms with Gasteiger partial charge in [-0.05, 0) is 30.7 Å². The zero-order valence-corrected chi connectivity index (χ0v) is 16.3. The molecule has 0 saturated heterocycles. The van der Waals surface area contributed by atoms with Crippen molar-refractivity contribution in [2.45, 2.75) is 19.5 Å². The largest absolute Gasteiger partial charge is 0.394 e. The van der Waals surface area contributed by atoms with Crippen LogP contribution < -0.4 is 10.6 Å². The number of halogens is 1. The van der Waals surface area contributed by atoms with Crippen LogP contribution in [0.4, 0.5) is 5.13 Å². The van der Waals surface area contributed by atoms with Crippen LogP contribution in [0.3, 0.4) is 0 Å². The Labute approximate surface area is 167 Å². The summed E-state index contributed by atoms with van der Waals surface area (Å²) < 4.78 is 0. The van der Waals surface area contributed by atoms with Crippen LogP contribution in [-0.4, -0.2) is 28.6 Å². The van der Waals surface area contributed by atoms with E-state index in [0.717, 1.165) is 22.4 Å². The number of anilines is 1. The van der Waals surface area contributed by atoms with Gasteiger partial charge in [0.25, 0.3) is 0 Å². The molecule has 2 aromatic carbocycles. The molecule has 0 fully saturated rings. The van der Waals surface area contributed by atoms with Crippen LogP contribution in [0.25, 0.3) is 11.3 Å². The number of carbonyl (C=O) groups excluding carboxylic acids is 1. The van der Waals surface area contributed by atoms with E-state index in [1.807, 2.05) is 42.6 Å². The number of aliphatic hydroxyl groups is 1. The van der Waals surface area contributed by atoms with E-state index in [0.29, 0.717) is 16.7 Å². The van der Waals surface area contributed by atoms with Gasteiger partial charge in [-0.2, -0.15) is 0 Å². The smallest absolute Gasteiger partial charge is 0.245 e. The summed E-state index contributed by atoms with van der Waals surface area (Å²) in [4.78, 5) is 16.9. The van der Waals surface area contributed by atoms with Gasteiger partial charge in [-0.15, -0.1) is 11.3 Å². The van der Waals surface area contributed by atoms with Crippen LogP contribution in [0.5, 0.6) is 0 Å². The van der Waals surface area contributed by atoms with Crippen molar-refractivity contribution in [3.8, 4) is 11.3 Å². The topological polar surface area (TPSA) is 74.2 Å². The van der Waals surface area contributed by atoms with Gasteiger partial charge in [-0.1, -0.05) is 47.5 Å². The summed E-state index contributed by atoms with van der Waals surface area (Å²) in [7, 11) is 0. The Kier molecular flexibility index (Phi) is 6.45. The van der Waals surface area contributed by atoms with Crippen molar-refractivity contribution in [3.63, 3.8) is 0 Å². The maximum Gasteiger partial charge on any atom is 0.245 e. The number of amides is 1. The van der Waals surface area contributed by atoms with Crippen LogP contribution in [0.15, 0.2) is 53.9 Å². The molecular formula is C20H20ClN3O2S. The summed E-state index contributed by atoms with van der Waals surface area (Å²) in [6.07, 6.45) is 0. The van der Waals surface area contributed by atoms with Crippen LogP contribution in [0, 0.1) is 6.92 Å². The Morgan fingerprint density at radius 3 is 2.81 bits per heavy atom. The number of aliphatic hydroxyl groups excluding tert-OH is 1. The Bertz CT molecular complexity index is 929.